The predicted molar refractivity (Wildman–Crippen MR) is 95.8 cm³/mol. The van der Waals surface area contributed by atoms with Gasteiger partial charge >= 0.3 is 0 Å². The molecule has 1 aromatic carbocycles. The van der Waals surface area contributed by atoms with Gasteiger partial charge in [0, 0.05) is 35.3 Å². The van der Waals surface area contributed by atoms with Crippen LogP contribution in [-0.2, 0) is 0 Å². The van der Waals surface area contributed by atoms with E-state index in [0.29, 0.717) is 11.5 Å². The molecule has 0 bridgehead atoms. The van der Waals surface area contributed by atoms with Gasteiger partial charge in [-0.3, -0.25) is 0 Å². The van der Waals surface area contributed by atoms with E-state index in [-0.39, 0.29) is 5.56 Å². The van der Waals surface area contributed by atoms with Gasteiger partial charge in [-0.25, -0.2) is 9.07 Å². The van der Waals surface area contributed by atoms with Crippen LogP contribution in [0.15, 0.2) is 18.2 Å². The standard InChI is InChI=1S/C15H12FIN4S/c1-10-14(4-5-22-17)15(20(2)3)19-21(10)13-7-11(9-18)6-12(16)8-13/h6-8H,1-3H3. The Kier molecular flexibility index (Phi) is 5.33. The van der Waals surface area contributed by atoms with Crippen molar-refractivity contribution >= 4 is 36.0 Å². The minimum atomic E-state index is -0.467. The highest BCUT2D eigenvalue weighted by Crippen LogP contribution is 2.24. The van der Waals surface area contributed by atoms with Crippen molar-refractivity contribution in [2.75, 3.05) is 19.0 Å². The van der Waals surface area contributed by atoms with E-state index < -0.39 is 5.82 Å². The Hall–Kier alpha value is -1.71. The summed E-state index contributed by atoms with van der Waals surface area (Å²) in [4.78, 5) is 1.86. The van der Waals surface area contributed by atoms with Crippen molar-refractivity contribution in [2.45, 2.75) is 6.92 Å². The number of halogens is 2. The molecular formula is C15H12FIN4S. The van der Waals surface area contributed by atoms with Crippen LogP contribution >= 0.6 is 30.1 Å². The van der Waals surface area contributed by atoms with Crippen molar-refractivity contribution < 1.29 is 4.39 Å². The van der Waals surface area contributed by atoms with E-state index in [9.17, 15) is 4.39 Å². The summed E-state index contributed by atoms with van der Waals surface area (Å²) in [5.41, 5.74) is 2.35. The maximum Gasteiger partial charge on any atom is 0.166 e. The first-order valence-corrected chi connectivity index (χ1v) is 9.60. The first-order valence-electron chi connectivity index (χ1n) is 6.24. The van der Waals surface area contributed by atoms with Crippen molar-refractivity contribution in [1.82, 2.24) is 9.78 Å². The molecule has 1 heterocycles. The maximum absolute atomic E-state index is 13.7. The van der Waals surface area contributed by atoms with E-state index in [1.54, 1.807) is 10.7 Å². The second-order valence-electron chi connectivity index (χ2n) is 4.70. The fourth-order valence-electron chi connectivity index (χ4n) is 2.03. The Morgan fingerprint density at radius 1 is 1.36 bits per heavy atom. The van der Waals surface area contributed by atoms with Gasteiger partial charge in [-0.05, 0) is 45.2 Å². The molecule has 0 atom stereocenters. The molecule has 2 rings (SSSR count). The monoisotopic (exact) mass is 426 g/mol. The molecule has 0 unspecified atom stereocenters. The summed E-state index contributed by atoms with van der Waals surface area (Å²) in [5.74, 6) is 3.31. The van der Waals surface area contributed by atoms with Gasteiger partial charge in [0.05, 0.1) is 28.6 Å². The van der Waals surface area contributed by atoms with Crippen molar-refractivity contribution in [3.8, 4) is 22.9 Å². The number of nitriles is 1. The van der Waals surface area contributed by atoms with Crippen LogP contribution in [0.3, 0.4) is 0 Å². The van der Waals surface area contributed by atoms with Gasteiger partial charge in [0.1, 0.15) is 5.82 Å². The molecule has 22 heavy (non-hydrogen) atoms. The second-order valence-corrected chi connectivity index (χ2v) is 6.38. The number of benzene rings is 1. The average Bonchev–Trinajstić information content (AvgIpc) is 2.81. The predicted octanol–water partition coefficient (Wildman–Crippen LogP) is 3.65. The van der Waals surface area contributed by atoms with Crippen LogP contribution in [0.2, 0.25) is 0 Å². The molecule has 0 aliphatic rings. The summed E-state index contributed by atoms with van der Waals surface area (Å²) in [5, 5.41) is 16.4. The molecule has 0 amide bonds. The average molecular weight is 426 g/mol. The smallest absolute Gasteiger partial charge is 0.166 e. The summed E-state index contributed by atoms with van der Waals surface area (Å²) >= 11 is 2.10. The fourth-order valence-corrected chi connectivity index (χ4v) is 2.50. The largest absolute Gasteiger partial charge is 0.360 e. The Balaban J connectivity index is 2.67. The van der Waals surface area contributed by atoms with Crippen molar-refractivity contribution in [3.63, 3.8) is 0 Å². The zero-order valence-electron chi connectivity index (χ0n) is 12.2. The lowest BCUT2D eigenvalue weighted by Crippen LogP contribution is -2.11. The lowest BCUT2D eigenvalue weighted by Gasteiger charge is -2.08. The van der Waals surface area contributed by atoms with Crippen LogP contribution < -0.4 is 4.90 Å². The minimum absolute atomic E-state index is 0.256. The fraction of sp³-hybridized carbons (Fsp3) is 0.200. The third-order valence-corrected chi connectivity index (χ3v) is 3.83. The van der Waals surface area contributed by atoms with Gasteiger partial charge in [-0.2, -0.15) is 5.26 Å². The van der Waals surface area contributed by atoms with Gasteiger partial charge in [0.15, 0.2) is 5.82 Å². The lowest BCUT2D eigenvalue weighted by atomic mass is 10.2. The zero-order valence-corrected chi connectivity index (χ0v) is 15.2. The van der Waals surface area contributed by atoms with Crippen LogP contribution in [0.5, 0.6) is 0 Å². The molecule has 0 fully saturated rings. The molecule has 0 saturated carbocycles. The Morgan fingerprint density at radius 2 is 2.09 bits per heavy atom. The topological polar surface area (TPSA) is 44.9 Å². The number of aromatic nitrogens is 2. The van der Waals surface area contributed by atoms with E-state index in [1.807, 2.05) is 32.0 Å². The van der Waals surface area contributed by atoms with Gasteiger partial charge in [0.2, 0.25) is 0 Å². The van der Waals surface area contributed by atoms with Crippen molar-refractivity contribution in [1.29, 1.82) is 5.26 Å². The number of anilines is 1. The quantitative estimate of drug-likeness (QED) is 0.544. The third-order valence-electron chi connectivity index (χ3n) is 2.99. The van der Waals surface area contributed by atoms with Gasteiger partial charge < -0.3 is 4.90 Å². The molecule has 0 spiro atoms. The van der Waals surface area contributed by atoms with E-state index in [2.05, 4.69) is 37.5 Å². The normalized spacial score (nSPS) is 9.82. The molecule has 4 nitrogen and oxygen atoms in total. The van der Waals surface area contributed by atoms with E-state index in [4.69, 9.17) is 5.26 Å². The van der Waals surface area contributed by atoms with Gasteiger partial charge in [-0.15, -0.1) is 5.10 Å². The summed E-state index contributed by atoms with van der Waals surface area (Å²) in [6.07, 6.45) is 0. The van der Waals surface area contributed by atoms with E-state index in [0.717, 1.165) is 11.3 Å². The molecule has 2 aromatic rings. The minimum Gasteiger partial charge on any atom is -0.360 e. The van der Waals surface area contributed by atoms with Crippen LogP contribution in [0.1, 0.15) is 16.8 Å². The highest BCUT2D eigenvalue weighted by Gasteiger charge is 2.16. The second kappa shape index (κ2) is 7.03. The highest BCUT2D eigenvalue weighted by atomic mass is 127. The summed E-state index contributed by atoms with van der Waals surface area (Å²) in [7, 11) is 5.14. The van der Waals surface area contributed by atoms with Crippen LogP contribution in [-0.4, -0.2) is 23.9 Å². The SMILES string of the molecule is Cc1c(C#CSI)c(N(C)C)nn1-c1cc(F)cc(C#N)c1. The Labute approximate surface area is 144 Å². The van der Waals surface area contributed by atoms with Crippen molar-refractivity contribution in [2.24, 2.45) is 0 Å². The Morgan fingerprint density at radius 3 is 2.68 bits per heavy atom. The molecule has 1 aromatic heterocycles. The van der Waals surface area contributed by atoms with Crippen LogP contribution in [0.25, 0.3) is 5.69 Å². The number of rotatable bonds is 2. The number of nitrogens with zero attached hydrogens (tertiary/aromatic N) is 4. The molecule has 112 valence electrons. The summed E-state index contributed by atoms with van der Waals surface area (Å²) < 4.78 is 15.3. The first kappa shape index (κ1) is 16.7. The number of hydrogen-bond acceptors (Lipinski definition) is 4. The molecule has 0 aliphatic heterocycles. The molecule has 0 N–H and O–H groups in total. The van der Waals surface area contributed by atoms with E-state index >= 15 is 0 Å². The van der Waals surface area contributed by atoms with Crippen molar-refractivity contribution in [3.05, 3.63) is 40.8 Å². The van der Waals surface area contributed by atoms with Gasteiger partial charge in [0.25, 0.3) is 0 Å². The molecule has 0 saturated heterocycles. The molecule has 0 aliphatic carbocycles. The van der Waals surface area contributed by atoms with Crippen LogP contribution in [0, 0.1) is 35.2 Å². The summed E-state index contributed by atoms with van der Waals surface area (Å²) in [6.45, 7) is 1.87. The maximum atomic E-state index is 13.7. The highest BCUT2D eigenvalue weighted by molar-refractivity contribution is 14.2. The van der Waals surface area contributed by atoms with E-state index in [1.165, 1.54) is 21.1 Å². The number of hydrogen-bond donors (Lipinski definition) is 0. The Bertz CT molecular complexity index is 811. The zero-order chi connectivity index (χ0) is 16.3. The third kappa shape index (κ3) is 3.37. The first-order chi connectivity index (χ1) is 10.5. The molecular weight excluding hydrogens is 414 g/mol. The molecule has 0 radical (unpaired) electrons. The lowest BCUT2D eigenvalue weighted by molar-refractivity contribution is 0.624. The molecule has 7 heteroatoms. The van der Waals surface area contributed by atoms with Crippen LogP contribution in [0.4, 0.5) is 10.2 Å². The summed E-state index contributed by atoms with van der Waals surface area (Å²) in [6, 6.07) is 6.10. The van der Waals surface area contributed by atoms with Gasteiger partial charge in [-0.1, -0.05) is 0 Å².